The van der Waals surface area contributed by atoms with Gasteiger partial charge in [-0.1, -0.05) is 0 Å². The molecule has 5 heteroatoms. The van der Waals surface area contributed by atoms with Crippen molar-refractivity contribution in [2.24, 2.45) is 0 Å². The number of anilines is 1. The Hall–Kier alpha value is -2.97. The van der Waals surface area contributed by atoms with Gasteiger partial charge in [-0.2, -0.15) is 15.8 Å². The molecule has 0 amide bonds. The first-order chi connectivity index (χ1) is 9.15. The van der Waals surface area contributed by atoms with Crippen LogP contribution in [0.15, 0.2) is 36.0 Å². The lowest BCUT2D eigenvalue weighted by molar-refractivity contribution is 0.415. The van der Waals surface area contributed by atoms with Crippen molar-refractivity contribution in [1.29, 1.82) is 15.8 Å². The number of rotatable bonds is 4. The van der Waals surface area contributed by atoms with E-state index in [-0.39, 0.29) is 5.57 Å². The molecule has 1 aromatic carbocycles. The summed E-state index contributed by atoms with van der Waals surface area (Å²) in [5.41, 5.74) is 0.649. The van der Waals surface area contributed by atoms with E-state index in [1.165, 1.54) is 6.20 Å². The van der Waals surface area contributed by atoms with Crippen LogP contribution in [0.25, 0.3) is 0 Å². The van der Waals surface area contributed by atoms with Crippen LogP contribution in [0.1, 0.15) is 6.92 Å². The Morgan fingerprint density at radius 1 is 1.21 bits per heavy atom. The van der Waals surface area contributed by atoms with Crippen LogP contribution in [-0.2, 0) is 0 Å². The molecule has 5 nitrogen and oxygen atoms in total. The van der Waals surface area contributed by atoms with Crippen LogP contribution < -0.4 is 9.64 Å². The zero-order valence-electron chi connectivity index (χ0n) is 10.7. The predicted octanol–water partition coefficient (Wildman–Crippen LogP) is 2.34. The van der Waals surface area contributed by atoms with Crippen LogP contribution in [0.3, 0.4) is 0 Å². The number of nitriles is 3. The van der Waals surface area contributed by atoms with Gasteiger partial charge in [-0.25, -0.2) is 0 Å². The van der Waals surface area contributed by atoms with Gasteiger partial charge in [0.1, 0.15) is 29.5 Å². The monoisotopic (exact) mass is 252 g/mol. The van der Waals surface area contributed by atoms with Crippen molar-refractivity contribution in [3.05, 3.63) is 36.0 Å². The fraction of sp³-hybridized carbons (Fsp3) is 0.214. The number of hydrogen-bond acceptors (Lipinski definition) is 5. The standard InChI is InChI=1S/C14H12N4O/c1-11(7-15)18(10-12(8-16)9-17)13-3-5-14(19-2)6-4-13/h3-6,10-11H,1-2H3. The topological polar surface area (TPSA) is 83.8 Å². The van der Waals surface area contributed by atoms with E-state index < -0.39 is 6.04 Å². The van der Waals surface area contributed by atoms with Gasteiger partial charge in [0.2, 0.25) is 0 Å². The highest BCUT2D eigenvalue weighted by molar-refractivity contribution is 5.56. The summed E-state index contributed by atoms with van der Waals surface area (Å²) in [4.78, 5) is 1.57. The van der Waals surface area contributed by atoms with Gasteiger partial charge in [-0.05, 0) is 31.2 Å². The van der Waals surface area contributed by atoms with Crippen molar-refractivity contribution in [2.45, 2.75) is 13.0 Å². The maximum Gasteiger partial charge on any atom is 0.145 e. The maximum absolute atomic E-state index is 9.01. The molecule has 0 heterocycles. The van der Waals surface area contributed by atoms with Crippen LogP contribution in [0, 0.1) is 34.0 Å². The van der Waals surface area contributed by atoms with E-state index >= 15 is 0 Å². The third kappa shape index (κ3) is 3.49. The van der Waals surface area contributed by atoms with Crippen molar-refractivity contribution >= 4 is 5.69 Å². The molecule has 0 aliphatic rings. The van der Waals surface area contributed by atoms with Gasteiger partial charge >= 0.3 is 0 Å². The number of nitrogens with zero attached hydrogens (tertiary/aromatic N) is 4. The summed E-state index contributed by atoms with van der Waals surface area (Å²) >= 11 is 0. The third-order valence-corrected chi connectivity index (χ3v) is 2.48. The highest BCUT2D eigenvalue weighted by Crippen LogP contribution is 2.22. The summed E-state index contributed by atoms with van der Waals surface area (Å²) in [6.45, 7) is 1.69. The first-order valence-electron chi connectivity index (χ1n) is 5.50. The summed E-state index contributed by atoms with van der Waals surface area (Å²) in [5, 5.41) is 26.6. The minimum atomic E-state index is -0.495. The molecule has 0 radical (unpaired) electrons. The lowest BCUT2D eigenvalue weighted by Crippen LogP contribution is -2.26. The Balaban J connectivity index is 3.18. The van der Waals surface area contributed by atoms with Gasteiger partial charge in [0, 0.05) is 11.9 Å². The quantitative estimate of drug-likeness (QED) is 0.768. The van der Waals surface area contributed by atoms with Crippen molar-refractivity contribution in [1.82, 2.24) is 0 Å². The molecule has 0 fully saturated rings. The van der Waals surface area contributed by atoms with Gasteiger partial charge in [-0.15, -0.1) is 0 Å². The zero-order valence-corrected chi connectivity index (χ0v) is 10.7. The van der Waals surface area contributed by atoms with Gasteiger partial charge in [0.25, 0.3) is 0 Å². The summed E-state index contributed by atoms with van der Waals surface area (Å²) in [6.07, 6.45) is 1.37. The number of methoxy groups -OCH3 is 1. The molecule has 0 bridgehead atoms. The number of allylic oxidation sites excluding steroid dienone is 1. The van der Waals surface area contributed by atoms with E-state index in [0.717, 1.165) is 0 Å². The highest BCUT2D eigenvalue weighted by atomic mass is 16.5. The van der Waals surface area contributed by atoms with Crippen LogP contribution >= 0.6 is 0 Å². The van der Waals surface area contributed by atoms with Crippen LogP contribution in [0.2, 0.25) is 0 Å². The number of hydrogen-bond donors (Lipinski definition) is 0. The second-order valence-corrected chi connectivity index (χ2v) is 3.68. The molecule has 0 aromatic heterocycles. The molecule has 0 N–H and O–H groups in total. The molecule has 0 spiro atoms. The Kier molecular flexibility index (Phi) is 4.96. The summed E-state index contributed by atoms with van der Waals surface area (Å²) in [5.74, 6) is 0.693. The molecule has 0 saturated carbocycles. The Morgan fingerprint density at radius 2 is 1.79 bits per heavy atom. The lowest BCUT2D eigenvalue weighted by atomic mass is 10.2. The molecule has 1 aromatic rings. The van der Waals surface area contributed by atoms with Crippen LogP contribution in [-0.4, -0.2) is 13.2 Å². The largest absolute Gasteiger partial charge is 0.497 e. The van der Waals surface area contributed by atoms with E-state index in [1.807, 2.05) is 0 Å². The van der Waals surface area contributed by atoms with Crippen LogP contribution in [0.4, 0.5) is 5.69 Å². The number of ether oxygens (including phenoxy) is 1. The molecule has 1 atom stereocenters. The minimum absolute atomic E-state index is 0.0575. The number of benzene rings is 1. The van der Waals surface area contributed by atoms with Gasteiger partial charge < -0.3 is 9.64 Å². The Bertz CT molecular complexity index is 568. The van der Waals surface area contributed by atoms with Crippen molar-refractivity contribution in [3.63, 3.8) is 0 Å². The van der Waals surface area contributed by atoms with E-state index in [1.54, 1.807) is 55.3 Å². The molecule has 94 valence electrons. The summed E-state index contributed by atoms with van der Waals surface area (Å²) in [6, 6.07) is 12.2. The van der Waals surface area contributed by atoms with Crippen molar-refractivity contribution < 1.29 is 4.74 Å². The fourth-order valence-electron chi connectivity index (χ4n) is 1.45. The minimum Gasteiger partial charge on any atom is -0.497 e. The third-order valence-electron chi connectivity index (χ3n) is 2.48. The maximum atomic E-state index is 9.01. The Labute approximate surface area is 112 Å². The molecule has 19 heavy (non-hydrogen) atoms. The van der Waals surface area contributed by atoms with Crippen molar-refractivity contribution in [2.75, 3.05) is 12.0 Å². The molecule has 0 aliphatic heterocycles. The first kappa shape index (κ1) is 14.1. The smallest absolute Gasteiger partial charge is 0.145 e. The second-order valence-electron chi connectivity index (χ2n) is 3.68. The van der Waals surface area contributed by atoms with E-state index in [0.29, 0.717) is 11.4 Å². The van der Waals surface area contributed by atoms with Gasteiger partial charge in [-0.3, -0.25) is 0 Å². The molecular weight excluding hydrogens is 240 g/mol. The predicted molar refractivity (Wildman–Crippen MR) is 69.9 cm³/mol. The summed E-state index contributed by atoms with van der Waals surface area (Å²) < 4.78 is 5.06. The molecule has 0 saturated heterocycles. The molecule has 1 rings (SSSR count). The van der Waals surface area contributed by atoms with E-state index in [4.69, 9.17) is 20.5 Å². The van der Waals surface area contributed by atoms with Gasteiger partial charge in [0.15, 0.2) is 0 Å². The highest BCUT2D eigenvalue weighted by Gasteiger charge is 2.13. The van der Waals surface area contributed by atoms with Crippen LogP contribution in [0.5, 0.6) is 5.75 Å². The molecule has 1 unspecified atom stereocenters. The van der Waals surface area contributed by atoms with E-state index in [2.05, 4.69) is 6.07 Å². The molecular formula is C14H12N4O. The summed E-state index contributed by atoms with van der Waals surface area (Å²) in [7, 11) is 1.56. The first-order valence-corrected chi connectivity index (χ1v) is 5.50. The SMILES string of the molecule is COc1ccc(N(C=C(C#N)C#N)C(C)C#N)cc1. The average molecular weight is 252 g/mol. The Morgan fingerprint density at radius 3 is 2.21 bits per heavy atom. The lowest BCUT2D eigenvalue weighted by Gasteiger charge is -2.23. The zero-order chi connectivity index (χ0) is 14.3. The second kappa shape index (κ2) is 6.69. The average Bonchev–Trinajstić information content (AvgIpc) is 2.48. The van der Waals surface area contributed by atoms with Crippen molar-refractivity contribution in [3.8, 4) is 24.0 Å². The molecule has 0 aliphatic carbocycles. The van der Waals surface area contributed by atoms with Gasteiger partial charge in [0.05, 0.1) is 13.2 Å². The normalized spacial score (nSPS) is 10.3. The fourth-order valence-corrected chi connectivity index (χ4v) is 1.45. The van der Waals surface area contributed by atoms with E-state index in [9.17, 15) is 0 Å².